The van der Waals surface area contributed by atoms with Gasteiger partial charge in [-0.15, -0.1) is 0 Å². The van der Waals surface area contributed by atoms with Gasteiger partial charge in [-0.3, -0.25) is 14.6 Å². The average molecular weight is 430 g/mol. The Kier molecular flexibility index (Phi) is 5.47. The second-order valence-electron chi connectivity index (χ2n) is 8.50. The molecule has 0 radical (unpaired) electrons. The van der Waals surface area contributed by atoms with Crippen molar-refractivity contribution in [3.8, 4) is 5.69 Å². The minimum Gasteiger partial charge on any atom is -0.339 e. The Morgan fingerprint density at radius 2 is 1.69 bits per heavy atom. The van der Waals surface area contributed by atoms with Crippen LogP contribution in [0.1, 0.15) is 39.4 Å². The van der Waals surface area contributed by atoms with Gasteiger partial charge in [-0.25, -0.2) is 4.68 Å². The molecule has 1 saturated heterocycles. The van der Waals surface area contributed by atoms with Crippen molar-refractivity contribution in [2.24, 2.45) is 0 Å². The zero-order chi connectivity index (χ0) is 22.1. The van der Waals surface area contributed by atoms with E-state index < -0.39 is 0 Å². The van der Waals surface area contributed by atoms with Gasteiger partial charge >= 0.3 is 0 Å². The van der Waals surface area contributed by atoms with Gasteiger partial charge in [-0.1, -0.05) is 24.3 Å². The van der Waals surface area contributed by atoms with E-state index in [9.17, 15) is 9.59 Å². The van der Waals surface area contributed by atoms with Crippen LogP contribution in [0.25, 0.3) is 5.69 Å². The maximum Gasteiger partial charge on any atom is 0.274 e. The van der Waals surface area contributed by atoms with Crippen molar-refractivity contribution in [1.29, 1.82) is 0 Å². The minimum atomic E-state index is -0.0210. The number of aromatic nitrogens is 3. The number of hydrogen-bond acceptors (Lipinski definition) is 4. The molecule has 0 unspecified atom stereocenters. The van der Waals surface area contributed by atoms with Crippen molar-refractivity contribution in [1.82, 2.24) is 24.6 Å². The van der Waals surface area contributed by atoms with Crippen molar-refractivity contribution in [2.75, 3.05) is 26.2 Å². The van der Waals surface area contributed by atoms with Crippen LogP contribution in [0.5, 0.6) is 0 Å². The van der Waals surface area contributed by atoms with Crippen LogP contribution in [0.15, 0.2) is 48.7 Å². The second kappa shape index (κ2) is 8.57. The van der Waals surface area contributed by atoms with E-state index in [1.165, 1.54) is 0 Å². The highest BCUT2D eigenvalue weighted by atomic mass is 16.2. The molecule has 0 spiro atoms. The molecule has 164 valence electrons. The molecule has 1 aromatic carbocycles. The van der Waals surface area contributed by atoms with Crippen LogP contribution in [0.3, 0.4) is 0 Å². The Balaban J connectivity index is 1.29. The lowest BCUT2D eigenvalue weighted by atomic mass is 10.1. The number of amides is 2. The van der Waals surface area contributed by atoms with Crippen molar-refractivity contribution >= 4 is 11.8 Å². The Hall–Kier alpha value is -3.48. The number of aryl methyl sites for hydroxylation is 1. The lowest BCUT2D eigenvalue weighted by molar-refractivity contribution is -0.132. The molecule has 3 heterocycles. The molecule has 2 aromatic heterocycles. The summed E-state index contributed by atoms with van der Waals surface area (Å²) in [6.07, 6.45) is 4.89. The molecular weight excluding hydrogens is 402 g/mol. The summed E-state index contributed by atoms with van der Waals surface area (Å²) in [6, 6.07) is 13.7. The van der Waals surface area contributed by atoms with E-state index in [-0.39, 0.29) is 11.8 Å². The predicted octanol–water partition coefficient (Wildman–Crippen LogP) is 2.59. The number of nitrogens with zero attached hydrogens (tertiary/aromatic N) is 5. The highest BCUT2D eigenvalue weighted by Crippen LogP contribution is 2.29. The molecule has 1 aliphatic heterocycles. The van der Waals surface area contributed by atoms with Crippen LogP contribution in [0.4, 0.5) is 0 Å². The molecule has 2 aliphatic rings. The maximum absolute atomic E-state index is 13.4. The number of para-hydroxylation sites is 1. The summed E-state index contributed by atoms with van der Waals surface area (Å²) in [5, 5.41) is 4.78. The highest BCUT2D eigenvalue weighted by molar-refractivity contribution is 5.94. The van der Waals surface area contributed by atoms with E-state index in [0.29, 0.717) is 38.3 Å². The third kappa shape index (κ3) is 3.79. The third-order valence-corrected chi connectivity index (χ3v) is 6.45. The molecule has 0 atom stereocenters. The van der Waals surface area contributed by atoms with E-state index in [1.807, 2.05) is 44.8 Å². The summed E-state index contributed by atoms with van der Waals surface area (Å²) in [7, 11) is 0. The molecule has 1 fully saturated rings. The zero-order valence-corrected chi connectivity index (χ0v) is 18.3. The van der Waals surface area contributed by atoms with Crippen LogP contribution in [-0.4, -0.2) is 62.6 Å². The summed E-state index contributed by atoms with van der Waals surface area (Å²) in [5.74, 6) is 0.0350. The van der Waals surface area contributed by atoms with E-state index in [0.717, 1.165) is 47.5 Å². The molecule has 7 nitrogen and oxygen atoms in total. The number of fused-ring (bicyclic) bond motifs is 1. The molecule has 7 heteroatoms. The fourth-order valence-corrected chi connectivity index (χ4v) is 4.69. The summed E-state index contributed by atoms with van der Waals surface area (Å²) >= 11 is 0. The van der Waals surface area contributed by atoms with E-state index >= 15 is 0 Å². The molecule has 0 N–H and O–H groups in total. The number of carbonyl (C=O) groups excluding carboxylic acids is 2. The van der Waals surface area contributed by atoms with Gasteiger partial charge in [0.1, 0.15) is 0 Å². The first kappa shape index (κ1) is 20.4. The molecule has 0 bridgehead atoms. The fourth-order valence-electron chi connectivity index (χ4n) is 4.69. The van der Waals surface area contributed by atoms with Gasteiger partial charge in [0.15, 0.2) is 5.69 Å². The van der Waals surface area contributed by atoms with Crippen molar-refractivity contribution in [2.45, 2.75) is 32.6 Å². The molecule has 0 saturated carbocycles. The second-order valence-corrected chi connectivity index (χ2v) is 8.50. The number of pyridine rings is 1. The lowest BCUT2D eigenvalue weighted by Gasteiger charge is -2.34. The monoisotopic (exact) mass is 429 g/mol. The lowest BCUT2D eigenvalue weighted by Crippen LogP contribution is -2.51. The quantitative estimate of drug-likeness (QED) is 0.639. The Morgan fingerprint density at radius 1 is 0.938 bits per heavy atom. The van der Waals surface area contributed by atoms with Crippen LogP contribution in [0, 0.1) is 6.92 Å². The summed E-state index contributed by atoms with van der Waals surface area (Å²) in [5.41, 5.74) is 5.78. The Bertz CT molecular complexity index is 1150. The average Bonchev–Trinajstić information content (AvgIpc) is 3.43. The predicted molar refractivity (Wildman–Crippen MR) is 121 cm³/mol. The minimum absolute atomic E-state index is 0.0210. The first-order valence-corrected chi connectivity index (χ1v) is 11.3. The van der Waals surface area contributed by atoms with Crippen LogP contribution >= 0.6 is 0 Å². The first-order valence-electron chi connectivity index (χ1n) is 11.3. The molecule has 5 rings (SSSR count). The highest BCUT2D eigenvalue weighted by Gasteiger charge is 2.32. The van der Waals surface area contributed by atoms with Gasteiger partial charge in [0.25, 0.3) is 5.91 Å². The van der Waals surface area contributed by atoms with Crippen molar-refractivity contribution in [3.63, 3.8) is 0 Å². The zero-order valence-electron chi connectivity index (χ0n) is 18.3. The smallest absolute Gasteiger partial charge is 0.274 e. The number of piperazine rings is 1. The van der Waals surface area contributed by atoms with Gasteiger partial charge in [0, 0.05) is 49.3 Å². The third-order valence-electron chi connectivity index (χ3n) is 6.45. The number of hydrogen-bond donors (Lipinski definition) is 0. The number of rotatable bonds is 4. The van der Waals surface area contributed by atoms with Gasteiger partial charge in [-0.2, -0.15) is 5.10 Å². The fraction of sp³-hybridized carbons (Fsp3) is 0.360. The van der Waals surface area contributed by atoms with E-state index in [2.05, 4.69) is 24.0 Å². The van der Waals surface area contributed by atoms with Gasteiger partial charge in [-0.05, 0) is 49.9 Å². The summed E-state index contributed by atoms with van der Waals surface area (Å²) in [6.45, 7) is 4.20. The van der Waals surface area contributed by atoms with E-state index in [1.54, 1.807) is 6.20 Å². The molecule has 32 heavy (non-hydrogen) atoms. The van der Waals surface area contributed by atoms with Gasteiger partial charge in [0.2, 0.25) is 5.91 Å². The standard InChI is InChI=1S/C25H27N5O2/c1-18-7-2-3-10-21(18)30-22-11-6-9-20(22)24(27-30)25(32)29-15-13-28(14-16-29)23(31)17-19-8-4-5-12-26-19/h2-5,7-8,10,12H,6,9,11,13-17H2,1H3. The normalized spacial score (nSPS) is 15.7. The topological polar surface area (TPSA) is 71.3 Å². The van der Waals surface area contributed by atoms with Crippen molar-refractivity contribution in [3.05, 3.63) is 76.9 Å². The largest absolute Gasteiger partial charge is 0.339 e. The summed E-state index contributed by atoms with van der Waals surface area (Å²) in [4.78, 5) is 33.9. The molecule has 1 aliphatic carbocycles. The Labute approximate surface area is 187 Å². The SMILES string of the molecule is Cc1ccccc1-n1nc(C(=O)N2CCN(C(=O)Cc3ccccn3)CC2)c2c1CCC2. The first-order chi connectivity index (χ1) is 15.6. The molecule has 2 amide bonds. The number of carbonyl (C=O) groups is 2. The molecular formula is C25H27N5O2. The summed E-state index contributed by atoms with van der Waals surface area (Å²) < 4.78 is 1.97. The van der Waals surface area contributed by atoms with E-state index in [4.69, 9.17) is 5.10 Å². The number of benzene rings is 1. The van der Waals surface area contributed by atoms with Crippen LogP contribution in [0.2, 0.25) is 0 Å². The molecule has 3 aromatic rings. The maximum atomic E-state index is 13.4. The van der Waals surface area contributed by atoms with Crippen LogP contribution < -0.4 is 0 Å². The Morgan fingerprint density at radius 3 is 2.44 bits per heavy atom. The van der Waals surface area contributed by atoms with Crippen LogP contribution in [-0.2, 0) is 24.1 Å². The van der Waals surface area contributed by atoms with Gasteiger partial charge in [0.05, 0.1) is 12.1 Å². The van der Waals surface area contributed by atoms with Gasteiger partial charge < -0.3 is 9.80 Å². The van der Waals surface area contributed by atoms with Crippen molar-refractivity contribution < 1.29 is 9.59 Å².